The lowest BCUT2D eigenvalue weighted by atomic mass is 10.1. The van der Waals surface area contributed by atoms with Crippen LogP contribution >= 0.6 is 12.2 Å². The number of rotatable bonds is 8. The first kappa shape index (κ1) is 21.0. The van der Waals surface area contributed by atoms with Crippen LogP contribution in [0.5, 0.6) is 0 Å². The number of carbonyl (C=O) groups is 1. The Morgan fingerprint density at radius 2 is 2.15 bits per heavy atom. The number of sulfonamides is 1. The van der Waals surface area contributed by atoms with Gasteiger partial charge in [0.25, 0.3) is 11.5 Å². The monoisotopic (exact) mass is 410 g/mol. The van der Waals surface area contributed by atoms with E-state index in [0.29, 0.717) is 42.5 Å². The summed E-state index contributed by atoms with van der Waals surface area (Å²) in [7, 11) is -1.74. The van der Waals surface area contributed by atoms with E-state index in [1.807, 2.05) is 0 Å². The molecule has 0 radical (unpaired) electrons. The summed E-state index contributed by atoms with van der Waals surface area (Å²) in [6, 6.07) is 4.72. The first-order valence-corrected chi connectivity index (χ1v) is 10.5. The van der Waals surface area contributed by atoms with E-state index in [9.17, 15) is 18.0 Å². The summed E-state index contributed by atoms with van der Waals surface area (Å²) in [6.45, 7) is 4.55. The van der Waals surface area contributed by atoms with Crippen molar-refractivity contribution < 1.29 is 13.2 Å². The highest BCUT2D eigenvalue weighted by Gasteiger charge is 2.12. The molecular weight excluding hydrogens is 388 g/mol. The van der Waals surface area contributed by atoms with Crippen molar-refractivity contribution in [2.24, 2.45) is 0 Å². The Kier molecular flexibility index (Phi) is 6.68. The van der Waals surface area contributed by atoms with Gasteiger partial charge in [-0.05, 0) is 36.8 Å². The average Bonchev–Trinajstić information content (AvgIpc) is 2.60. The van der Waals surface area contributed by atoms with Crippen LogP contribution < -0.4 is 10.9 Å². The van der Waals surface area contributed by atoms with E-state index in [-0.39, 0.29) is 16.2 Å². The van der Waals surface area contributed by atoms with E-state index >= 15 is 0 Å². The Morgan fingerprint density at radius 1 is 1.44 bits per heavy atom. The van der Waals surface area contributed by atoms with Crippen molar-refractivity contribution in [2.45, 2.75) is 13.0 Å². The van der Waals surface area contributed by atoms with Crippen LogP contribution in [0.4, 0.5) is 0 Å². The number of benzene rings is 1. The van der Waals surface area contributed by atoms with Crippen molar-refractivity contribution in [3.05, 3.63) is 51.5 Å². The molecule has 0 bridgehead atoms. The largest absolute Gasteiger partial charge is 0.352 e. The van der Waals surface area contributed by atoms with Crippen LogP contribution in [0.1, 0.15) is 16.8 Å². The second kappa shape index (κ2) is 8.59. The molecule has 0 aliphatic carbocycles. The van der Waals surface area contributed by atoms with Gasteiger partial charge in [0.05, 0.1) is 17.2 Å². The van der Waals surface area contributed by atoms with Gasteiger partial charge < -0.3 is 10.3 Å². The number of H-pyrrole nitrogens is 1. The van der Waals surface area contributed by atoms with Gasteiger partial charge in [-0.15, -0.1) is 6.58 Å². The summed E-state index contributed by atoms with van der Waals surface area (Å²) < 4.78 is 25.5. The zero-order valence-electron chi connectivity index (χ0n) is 15.2. The number of nitrogens with one attached hydrogen (secondary N) is 2. The molecule has 0 unspecified atom stereocenters. The summed E-state index contributed by atoms with van der Waals surface area (Å²) >= 11 is 5.19. The Hall–Kier alpha value is -2.30. The molecule has 1 heterocycles. The fraction of sp³-hybridized carbons (Fsp3) is 0.353. The number of nitrogens with zero attached hydrogens (tertiary/aromatic N) is 2. The van der Waals surface area contributed by atoms with Gasteiger partial charge in [0, 0.05) is 32.2 Å². The summed E-state index contributed by atoms with van der Waals surface area (Å²) in [4.78, 5) is 27.7. The van der Waals surface area contributed by atoms with Crippen molar-refractivity contribution in [1.29, 1.82) is 0 Å². The standard InChI is InChI=1S/C17H22N4O4S2/c1-4-9-21-16(23)13-7-6-12(11-14(13)19-17(21)26)15(22)18-8-5-10-20(2)27(3,24)25/h4,6-7,11H,1,5,8-10H2,2-3H3,(H,18,22)(H,19,26). The van der Waals surface area contributed by atoms with Crippen molar-refractivity contribution in [3.8, 4) is 0 Å². The Bertz CT molecular complexity index is 1090. The Balaban J connectivity index is 2.11. The highest BCUT2D eigenvalue weighted by atomic mass is 32.2. The van der Waals surface area contributed by atoms with E-state index < -0.39 is 10.0 Å². The molecule has 146 valence electrons. The van der Waals surface area contributed by atoms with Crippen molar-refractivity contribution >= 4 is 39.1 Å². The first-order valence-electron chi connectivity index (χ1n) is 8.22. The number of hydrogen-bond acceptors (Lipinski definition) is 5. The summed E-state index contributed by atoms with van der Waals surface area (Å²) in [6.07, 6.45) is 3.20. The van der Waals surface area contributed by atoms with Gasteiger partial charge in [-0.3, -0.25) is 14.2 Å². The molecule has 0 saturated carbocycles. The number of fused-ring (bicyclic) bond motifs is 1. The Labute approximate surface area is 162 Å². The van der Waals surface area contributed by atoms with Gasteiger partial charge in [0.1, 0.15) is 0 Å². The third-order valence-electron chi connectivity index (χ3n) is 4.06. The van der Waals surface area contributed by atoms with Crippen LogP contribution in [0.15, 0.2) is 35.6 Å². The molecule has 0 atom stereocenters. The summed E-state index contributed by atoms with van der Waals surface area (Å²) in [5, 5.41) is 3.16. The number of aromatic nitrogens is 2. The third kappa shape index (κ3) is 5.12. The quantitative estimate of drug-likeness (QED) is 0.387. The van der Waals surface area contributed by atoms with Gasteiger partial charge in [0.15, 0.2) is 4.77 Å². The molecular formula is C17H22N4O4S2. The highest BCUT2D eigenvalue weighted by Crippen LogP contribution is 2.11. The summed E-state index contributed by atoms with van der Waals surface area (Å²) in [5.41, 5.74) is 0.615. The van der Waals surface area contributed by atoms with E-state index in [0.717, 1.165) is 6.26 Å². The number of amides is 1. The number of aromatic amines is 1. The molecule has 0 aliphatic rings. The molecule has 1 amide bonds. The second-order valence-corrected chi connectivity index (χ2v) is 8.57. The van der Waals surface area contributed by atoms with Gasteiger partial charge in [-0.25, -0.2) is 12.7 Å². The SMILES string of the molecule is C=CCn1c(=S)[nH]c2cc(C(=O)NCCCN(C)S(C)(=O)=O)ccc2c1=O. The smallest absolute Gasteiger partial charge is 0.262 e. The van der Waals surface area contributed by atoms with Crippen LogP contribution in [-0.2, 0) is 16.6 Å². The van der Waals surface area contributed by atoms with Crippen LogP contribution in [0.25, 0.3) is 10.9 Å². The molecule has 1 aromatic carbocycles. The fourth-order valence-corrected chi connectivity index (χ4v) is 3.19. The molecule has 1 aromatic heterocycles. The van der Waals surface area contributed by atoms with E-state index in [1.165, 1.54) is 15.9 Å². The molecule has 2 rings (SSSR count). The molecule has 2 N–H and O–H groups in total. The van der Waals surface area contributed by atoms with Gasteiger partial charge >= 0.3 is 0 Å². The van der Waals surface area contributed by atoms with E-state index in [1.54, 1.807) is 24.3 Å². The minimum Gasteiger partial charge on any atom is -0.352 e. The van der Waals surface area contributed by atoms with E-state index in [2.05, 4.69) is 16.9 Å². The van der Waals surface area contributed by atoms with Crippen molar-refractivity contribution in [3.63, 3.8) is 0 Å². The molecule has 0 fully saturated rings. The zero-order valence-corrected chi connectivity index (χ0v) is 16.8. The third-order valence-corrected chi connectivity index (χ3v) is 5.69. The highest BCUT2D eigenvalue weighted by molar-refractivity contribution is 7.88. The maximum Gasteiger partial charge on any atom is 0.262 e. The fourth-order valence-electron chi connectivity index (χ4n) is 2.46. The van der Waals surface area contributed by atoms with E-state index in [4.69, 9.17) is 12.2 Å². The van der Waals surface area contributed by atoms with Crippen molar-refractivity contribution in [2.75, 3.05) is 26.4 Å². The molecule has 27 heavy (non-hydrogen) atoms. The average molecular weight is 411 g/mol. The lowest BCUT2D eigenvalue weighted by Crippen LogP contribution is -2.31. The zero-order chi connectivity index (χ0) is 20.2. The molecule has 8 nitrogen and oxygen atoms in total. The van der Waals surface area contributed by atoms with Crippen LogP contribution in [-0.4, -0.2) is 54.6 Å². The molecule has 0 spiro atoms. The second-order valence-electron chi connectivity index (χ2n) is 6.09. The molecule has 10 heteroatoms. The van der Waals surface area contributed by atoms with Gasteiger partial charge in [-0.2, -0.15) is 0 Å². The molecule has 0 aliphatic heterocycles. The predicted molar refractivity (Wildman–Crippen MR) is 108 cm³/mol. The number of hydrogen-bond donors (Lipinski definition) is 2. The Morgan fingerprint density at radius 3 is 2.78 bits per heavy atom. The number of carbonyl (C=O) groups excluding carboxylic acids is 1. The molecule has 2 aromatic rings. The van der Waals surface area contributed by atoms with Crippen LogP contribution in [0.3, 0.4) is 0 Å². The minimum atomic E-state index is -3.23. The lowest BCUT2D eigenvalue weighted by Gasteiger charge is -2.14. The molecule has 0 saturated heterocycles. The summed E-state index contributed by atoms with van der Waals surface area (Å²) in [5.74, 6) is -0.312. The first-order chi connectivity index (χ1) is 12.6. The van der Waals surface area contributed by atoms with Gasteiger partial charge in [-0.1, -0.05) is 6.08 Å². The topological polar surface area (TPSA) is 104 Å². The maximum atomic E-state index is 12.5. The minimum absolute atomic E-state index is 0.246. The normalized spacial score (nSPS) is 11.7. The predicted octanol–water partition coefficient (Wildman–Crippen LogP) is 1.26. The number of allylic oxidation sites excluding steroid dienone is 1. The lowest BCUT2D eigenvalue weighted by molar-refractivity contribution is 0.0953. The van der Waals surface area contributed by atoms with Gasteiger partial charge in [0.2, 0.25) is 10.0 Å². The maximum absolute atomic E-state index is 12.5. The van der Waals surface area contributed by atoms with Crippen LogP contribution in [0.2, 0.25) is 0 Å². The van der Waals surface area contributed by atoms with Crippen LogP contribution in [0, 0.1) is 4.77 Å². The van der Waals surface area contributed by atoms with Crippen molar-refractivity contribution in [1.82, 2.24) is 19.2 Å².